The number of halogens is 1. The molecule has 1 amide bonds. The molecule has 4 nitrogen and oxygen atoms in total. The van der Waals surface area contributed by atoms with Crippen LogP contribution in [0.2, 0.25) is 4.47 Å². The van der Waals surface area contributed by atoms with E-state index in [1.54, 1.807) is 0 Å². The van der Waals surface area contributed by atoms with Gasteiger partial charge in [-0.1, -0.05) is 50.3 Å². The predicted molar refractivity (Wildman–Crippen MR) is 78.0 cm³/mol. The number of aromatic nitrogens is 2. The molecule has 0 bridgehead atoms. The van der Waals surface area contributed by atoms with Gasteiger partial charge in [0.25, 0.3) is 5.91 Å². The molecule has 0 spiro atoms. The standard InChI is InChI=1S/C13H14ClN3OS/c1-13(2,3)8-6-4-5-7-9(8)15-10(18)11-16-17-12(14)19-11/h4-7H,1-3H3,(H,15,18). The number of benzene rings is 1. The summed E-state index contributed by atoms with van der Waals surface area (Å²) in [7, 11) is 0. The molecule has 0 saturated heterocycles. The number of hydrogen-bond acceptors (Lipinski definition) is 4. The SMILES string of the molecule is CC(C)(C)c1ccccc1NC(=O)c1nnc(Cl)s1. The molecule has 0 fully saturated rings. The van der Waals surface area contributed by atoms with Gasteiger partial charge in [-0.15, -0.1) is 10.2 Å². The van der Waals surface area contributed by atoms with E-state index >= 15 is 0 Å². The van der Waals surface area contributed by atoms with Crippen molar-refractivity contribution >= 4 is 34.5 Å². The number of rotatable bonds is 2. The van der Waals surface area contributed by atoms with Gasteiger partial charge in [-0.05, 0) is 28.6 Å². The lowest BCUT2D eigenvalue weighted by Crippen LogP contribution is -2.18. The minimum atomic E-state index is -0.291. The zero-order valence-electron chi connectivity index (χ0n) is 10.9. The van der Waals surface area contributed by atoms with Crippen LogP contribution in [0.4, 0.5) is 5.69 Å². The van der Waals surface area contributed by atoms with Crippen LogP contribution in [-0.4, -0.2) is 16.1 Å². The Hall–Kier alpha value is -1.46. The summed E-state index contributed by atoms with van der Waals surface area (Å²) in [6.07, 6.45) is 0. The molecule has 0 aliphatic heterocycles. The highest BCUT2D eigenvalue weighted by atomic mass is 35.5. The number of hydrogen-bond donors (Lipinski definition) is 1. The van der Waals surface area contributed by atoms with Gasteiger partial charge in [-0.2, -0.15) is 0 Å². The summed E-state index contributed by atoms with van der Waals surface area (Å²) in [5.74, 6) is -0.291. The van der Waals surface area contributed by atoms with Crippen LogP contribution in [0.1, 0.15) is 36.1 Å². The molecule has 0 radical (unpaired) electrons. The minimum absolute atomic E-state index is 0.0529. The van der Waals surface area contributed by atoms with Crippen molar-refractivity contribution in [2.75, 3.05) is 5.32 Å². The van der Waals surface area contributed by atoms with Crippen LogP contribution >= 0.6 is 22.9 Å². The summed E-state index contributed by atoms with van der Waals surface area (Å²) in [4.78, 5) is 12.0. The summed E-state index contributed by atoms with van der Waals surface area (Å²) in [5, 5.41) is 10.5. The van der Waals surface area contributed by atoms with E-state index in [1.165, 1.54) is 0 Å². The summed E-state index contributed by atoms with van der Waals surface area (Å²) >= 11 is 6.74. The summed E-state index contributed by atoms with van der Waals surface area (Å²) in [6, 6.07) is 7.72. The largest absolute Gasteiger partial charge is 0.320 e. The Balaban J connectivity index is 2.27. The average Bonchev–Trinajstić information content (AvgIpc) is 2.75. The molecule has 1 aromatic heterocycles. The normalized spacial score (nSPS) is 11.4. The zero-order valence-corrected chi connectivity index (χ0v) is 12.5. The first kappa shape index (κ1) is 14.0. The molecule has 100 valence electrons. The maximum atomic E-state index is 12.0. The van der Waals surface area contributed by atoms with E-state index in [0.717, 1.165) is 22.6 Å². The van der Waals surface area contributed by atoms with Crippen molar-refractivity contribution in [3.63, 3.8) is 0 Å². The van der Waals surface area contributed by atoms with E-state index in [4.69, 9.17) is 11.6 Å². The highest BCUT2D eigenvalue weighted by Gasteiger charge is 2.20. The van der Waals surface area contributed by atoms with Crippen molar-refractivity contribution in [1.82, 2.24) is 10.2 Å². The maximum Gasteiger partial charge on any atom is 0.286 e. The van der Waals surface area contributed by atoms with E-state index in [1.807, 2.05) is 24.3 Å². The molecule has 0 saturated carbocycles. The lowest BCUT2D eigenvalue weighted by molar-refractivity contribution is 0.102. The highest BCUT2D eigenvalue weighted by molar-refractivity contribution is 7.17. The predicted octanol–water partition coefficient (Wildman–Crippen LogP) is 3.74. The fourth-order valence-electron chi connectivity index (χ4n) is 1.72. The molecule has 6 heteroatoms. The molecule has 0 atom stereocenters. The Morgan fingerprint density at radius 2 is 1.95 bits per heavy atom. The van der Waals surface area contributed by atoms with E-state index in [-0.39, 0.29) is 20.8 Å². The Kier molecular flexibility index (Phi) is 3.87. The van der Waals surface area contributed by atoms with Gasteiger partial charge in [0, 0.05) is 5.69 Å². The number of anilines is 1. The molecule has 0 aliphatic carbocycles. The third-order valence-electron chi connectivity index (χ3n) is 2.58. The van der Waals surface area contributed by atoms with Gasteiger partial charge in [0.1, 0.15) is 0 Å². The first-order valence-corrected chi connectivity index (χ1v) is 6.97. The quantitative estimate of drug-likeness (QED) is 0.918. The smallest absolute Gasteiger partial charge is 0.286 e. The third kappa shape index (κ3) is 3.30. The lowest BCUT2D eigenvalue weighted by atomic mass is 9.86. The van der Waals surface area contributed by atoms with Crippen molar-refractivity contribution in [3.05, 3.63) is 39.3 Å². The molecule has 0 aliphatic rings. The molecular formula is C13H14ClN3OS. The second-order valence-corrected chi connectivity index (χ2v) is 6.67. The van der Waals surface area contributed by atoms with Gasteiger partial charge in [0.05, 0.1) is 0 Å². The number of carbonyl (C=O) groups is 1. The van der Waals surface area contributed by atoms with Crippen molar-refractivity contribution in [2.24, 2.45) is 0 Å². The van der Waals surface area contributed by atoms with Gasteiger partial charge in [0.2, 0.25) is 9.47 Å². The Labute approximate surface area is 120 Å². The number of para-hydroxylation sites is 1. The zero-order chi connectivity index (χ0) is 14.0. The first-order chi connectivity index (χ1) is 8.88. The van der Waals surface area contributed by atoms with Crippen molar-refractivity contribution in [3.8, 4) is 0 Å². The van der Waals surface area contributed by atoms with E-state index < -0.39 is 0 Å². The molecule has 19 heavy (non-hydrogen) atoms. The van der Waals surface area contributed by atoms with Crippen LogP contribution < -0.4 is 5.32 Å². The molecule has 2 rings (SSSR count). The second-order valence-electron chi connectivity index (χ2n) is 5.11. The fraction of sp³-hybridized carbons (Fsp3) is 0.308. The summed E-state index contributed by atoms with van der Waals surface area (Å²) in [6.45, 7) is 6.29. The maximum absolute atomic E-state index is 12.0. The lowest BCUT2D eigenvalue weighted by Gasteiger charge is -2.22. The van der Waals surface area contributed by atoms with Crippen LogP contribution in [0.15, 0.2) is 24.3 Å². The van der Waals surface area contributed by atoms with Gasteiger partial charge in [-0.25, -0.2) is 0 Å². The summed E-state index contributed by atoms with van der Waals surface area (Å²) in [5.41, 5.74) is 1.80. The van der Waals surface area contributed by atoms with Crippen molar-refractivity contribution < 1.29 is 4.79 Å². The van der Waals surface area contributed by atoms with E-state index in [2.05, 4.69) is 36.3 Å². The molecule has 1 heterocycles. The fourth-order valence-corrected chi connectivity index (χ4v) is 2.44. The molecule has 0 unspecified atom stereocenters. The number of nitrogens with zero attached hydrogens (tertiary/aromatic N) is 2. The topological polar surface area (TPSA) is 54.9 Å². The Morgan fingerprint density at radius 3 is 2.53 bits per heavy atom. The van der Waals surface area contributed by atoms with E-state index in [0.29, 0.717) is 0 Å². The number of nitrogens with one attached hydrogen (secondary N) is 1. The third-order valence-corrected chi connectivity index (χ3v) is 3.60. The van der Waals surface area contributed by atoms with Crippen LogP contribution in [0.5, 0.6) is 0 Å². The first-order valence-electron chi connectivity index (χ1n) is 5.78. The van der Waals surface area contributed by atoms with Gasteiger partial charge >= 0.3 is 0 Å². The molecule has 1 aromatic carbocycles. The Bertz CT molecular complexity index is 604. The van der Waals surface area contributed by atoms with Crippen LogP contribution in [0, 0.1) is 0 Å². The van der Waals surface area contributed by atoms with Gasteiger partial charge in [-0.3, -0.25) is 4.79 Å². The average molecular weight is 296 g/mol. The second kappa shape index (κ2) is 5.27. The van der Waals surface area contributed by atoms with Crippen molar-refractivity contribution in [2.45, 2.75) is 26.2 Å². The highest BCUT2D eigenvalue weighted by Crippen LogP contribution is 2.29. The number of carbonyl (C=O) groups excluding carboxylic acids is 1. The minimum Gasteiger partial charge on any atom is -0.320 e. The van der Waals surface area contributed by atoms with Crippen LogP contribution in [-0.2, 0) is 5.41 Å². The van der Waals surface area contributed by atoms with Crippen LogP contribution in [0.25, 0.3) is 0 Å². The molecule has 2 aromatic rings. The summed E-state index contributed by atoms with van der Waals surface area (Å²) < 4.78 is 0.259. The molecule has 1 N–H and O–H groups in total. The monoisotopic (exact) mass is 295 g/mol. The van der Waals surface area contributed by atoms with Gasteiger partial charge < -0.3 is 5.32 Å². The number of amides is 1. The van der Waals surface area contributed by atoms with E-state index in [9.17, 15) is 4.79 Å². The van der Waals surface area contributed by atoms with Crippen LogP contribution in [0.3, 0.4) is 0 Å². The van der Waals surface area contributed by atoms with Gasteiger partial charge in [0.15, 0.2) is 0 Å². The molecular weight excluding hydrogens is 282 g/mol. The van der Waals surface area contributed by atoms with Crippen molar-refractivity contribution in [1.29, 1.82) is 0 Å². The Morgan fingerprint density at radius 1 is 1.26 bits per heavy atom.